The van der Waals surface area contributed by atoms with Gasteiger partial charge in [-0.25, -0.2) is 0 Å². The van der Waals surface area contributed by atoms with Crippen LogP contribution in [0, 0.1) is 17.3 Å². The third-order valence-corrected chi connectivity index (χ3v) is 5.66. The first-order valence-corrected chi connectivity index (χ1v) is 8.85. The number of nitrogens with one attached hydrogen (secondary N) is 1. The molecule has 0 bridgehead atoms. The van der Waals surface area contributed by atoms with E-state index >= 15 is 0 Å². The van der Waals surface area contributed by atoms with E-state index in [1.807, 2.05) is 0 Å². The van der Waals surface area contributed by atoms with Crippen LogP contribution in [0.5, 0.6) is 0 Å². The van der Waals surface area contributed by atoms with E-state index in [4.69, 9.17) is 0 Å². The first-order valence-electron chi connectivity index (χ1n) is 8.85. The summed E-state index contributed by atoms with van der Waals surface area (Å²) in [5, 5.41) is 3.74. The van der Waals surface area contributed by atoms with Crippen molar-refractivity contribution in [1.29, 1.82) is 0 Å². The minimum Gasteiger partial charge on any atom is -0.314 e. The summed E-state index contributed by atoms with van der Waals surface area (Å²) in [5.41, 5.74) is 0.514. The SMILES string of the molecule is CC1CCCC(CNC(C)C)(CN(C)C(C)C2CC2)C1. The summed E-state index contributed by atoms with van der Waals surface area (Å²) in [7, 11) is 2.36. The lowest BCUT2D eigenvalue weighted by Gasteiger charge is -2.44. The second-order valence-electron chi connectivity index (χ2n) is 8.23. The quantitative estimate of drug-likeness (QED) is 0.760. The van der Waals surface area contributed by atoms with Crippen molar-refractivity contribution in [2.75, 3.05) is 20.1 Å². The molecule has 0 aliphatic heterocycles. The second kappa shape index (κ2) is 6.79. The molecule has 0 aromatic carbocycles. The molecule has 3 unspecified atom stereocenters. The number of hydrogen-bond donors (Lipinski definition) is 1. The smallest absolute Gasteiger partial charge is 0.00923 e. The van der Waals surface area contributed by atoms with Crippen LogP contribution in [0.25, 0.3) is 0 Å². The summed E-state index contributed by atoms with van der Waals surface area (Å²) in [5.74, 6) is 1.89. The summed E-state index contributed by atoms with van der Waals surface area (Å²) in [6, 6.07) is 1.39. The Balaban J connectivity index is 1.97. The van der Waals surface area contributed by atoms with Gasteiger partial charge in [-0.3, -0.25) is 0 Å². The van der Waals surface area contributed by atoms with Crippen molar-refractivity contribution < 1.29 is 0 Å². The molecular formula is C18H36N2. The second-order valence-corrected chi connectivity index (χ2v) is 8.23. The van der Waals surface area contributed by atoms with Crippen LogP contribution < -0.4 is 5.32 Å². The Morgan fingerprint density at radius 2 is 1.90 bits per heavy atom. The highest BCUT2D eigenvalue weighted by atomic mass is 15.1. The number of rotatable bonds is 7. The van der Waals surface area contributed by atoms with Crippen molar-refractivity contribution in [2.45, 2.75) is 78.3 Å². The van der Waals surface area contributed by atoms with Gasteiger partial charge in [-0.15, -0.1) is 0 Å². The molecule has 2 aliphatic rings. The fourth-order valence-electron chi connectivity index (χ4n) is 4.16. The van der Waals surface area contributed by atoms with E-state index in [9.17, 15) is 0 Å². The predicted octanol–water partition coefficient (Wildman–Crippen LogP) is 3.91. The zero-order chi connectivity index (χ0) is 14.8. The molecule has 0 aromatic rings. The van der Waals surface area contributed by atoms with Crippen molar-refractivity contribution in [1.82, 2.24) is 10.2 Å². The maximum atomic E-state index is 3.74. The molecule has 0 radical (unpaired) electrons. The Morgan fingerprint density at radius 1 is 1.20 bits per heavy atom. The van der Waals surface area contributed by atoms with Crippen LogP contribution in [-0.2, 0) is 0 Å². The van der Waals surface area contributed by atoms with Crippen LogP contribution in [0.15, 0.2) is 0 Å². The maximum absolute atomic E-state index is 3.74. The zero-order valence-corrected chi connectivity index (χ0v) is 14.4. The van der Waals surface area contributed by atoms with E-state index in [2.05, 4.69) is 45.0 Å². The summed E-state index contributed by atoms with van der Waals surface area (Å²) < 4.78 is 0. The highest BCUT2D eigenvalue weighted by molar-refractivity contribution is 4.92. The Bertz CT molecular complexity index is 298. The van der Waals surface area contributed by atoms with Crippen molar-refractivity contribution in [3.63, 3.8) is 0 Å². The molecule has 0 spiro atoms. The van der Waals surface area contributed by atoms with Gasteiger partial charge in [-0.2, -0.15) is 0 Å². The lowest BCUT2D eigenvalue weighted by Crippen LogP contribution is -2.49. The van der Waals surface area contributed by atoms with Crippen LogP contribution in [0.3, 0.4) is 0 Å². The van der Waals surface area contributed by atoms with Gasteiger partial charge in [0.1, 0.15) is 0 Å². The molecule has 2 heteroatoms. The average Bonchev–Trinajstić information content (AvgIpc) is 3.20. The van der Waals surface area contributed by atoms with Crippen LogP contribution in [0.1, 0.15) is 66.2 Å². The molecular weight excluding hydrogens is 244 g/mol. The van der Waals surface area contributed by atoms with Gasteiger partial charge in [0.2, 0.25) is 0 Å². The molecule has 2 aliphatic carbocycles. The standard InChI is InChI=1S/C18H36N2/c1-14(2)19-12-18(10-6-7-15(3)11-18)13-20(5)16(4)17-8-9-17/h14-17,19H,6-13H2,1-5H3. The van der Waals surface area contributed by atoms with Crippen LogP contribution in [0.2, 0.25) is 0 Å². The van der Waals surface area contributed by atoms with Gasteiger partial charge < -0.3 is 10.2 Å². The zero-order valence-electron chi connectivity index (χ0n) is 14.4. The van der Waals surface area contributed by atoms with E-state index in [1.54, 1.807) is 0 Å². The Labute approximate surface area is 126 Å². The molecule has 1 N–H and O–H groups in total. The lowest BCUT2D eigenvalue weighted by atomic mass is 9.69. The van der Waals surface area contributed by atoms with Gasteiger partial charge in [0.25, 0.3) is 0 Å². The molecule has 2 saturated carbocycles. The number of nitrogens with zero attached hydrogens (tertiary/aromatic N) is 1. The van der Waals surface area contributed by atoms with Gasteiger partial charge in [0.05, 0.1) is 0 Å². The third-order valence-electron chi connectivity index (χ3n) is 5.66. The minimum absolute atomic E-state index is 0.514. The largest absolute Gasteiger partial charge is 0.314 e. The summed E-state index contributed by atoms with van der Waals surface area (Å²) in [6.07, 6.45) is 8.60. The van der Waals surface area contributed by atoms with Crippen LogP contribution in [-0.4, -0.2) is 37.1 Å². The average molecular weight is 281 g/mol. The van der Waals surface area contributed by atoms with E-state index in [-0.39, 0.29) is 0 Å². The monoisotopic (exact) mass is 280 g/mol. The summed E-state index contributed by atoms with van der Waals surface area (Å²) in [4.78, 5) is 2.66. The third kappa shape index (κ3) is 4.46. The van der Waals surface area contributed by atoms with E-state index in [1.165, 1.54) is 51.6 Å². The molecule has 3 atom stereocenters. The van der Waals surface area contributed by atoms with Crippen molar-refractivity contribution in [2.24, 2.45) is 17.3 Å². The molecule has 2 rings (SSSR count). The Hall–Kier alpha value is -0.0800. The molecule has 118 valence electrons. The molecule has 0 saturated heterocycles. The first-order chi connectivity index (χ1) is 9.42. The lowest BCUT2D eigenvalue weighted by molar-refractivity contribution is 0.0695. The van der Waals surface area contributed by atoms with Crippen molar-refractivity contribution in [3.05, 3.63) is 0 Å². The van der Waals surface area contributed by atoms with Gasteiger partial charge in [0.15, 0.2) is 0 Å². The number of hydrogen-bond acceptors (Lipinski definition) is 2. The van der Waals surface area contributed by atoms with Gasteiger partial charge in [-0.1, -0.05) is 33.6 Å². The maximum Gasteiger partial charge on any atom is 0.00923 e. The van der Waals surface area contributed by atoms with Crippen LogP contribution >= 0.6 is 0 Å². The van der Waals surface area contributed by atoms with Crippen molar-refractivity contribution in [3.8, 4) is 0 Å². The minimum atomic E-state index is 0.514. The fourth-order valence-corrected chi connectivity index (χ4v) is 4.16. The first kappa shape index (κ1) is 16.3. The fraction of sp³-hybridized carbons (Fsp3) is 1.00. The predicted molar refractivity (Wildman–Crippen MR) is 88.0 cm³/mol. The van der Waals surface area contributed by atoms with Gasteiger partial charge >= 0.3 is 0 Å². The molecule has 2 nitrogen and oxygen atoms in total. The molecule has 2 fully saturated rings. The summed E-state index contributed by atoms with van der Waals surface area (Å²) in [6.45, 7) is 11.9. The van der Waals surface area contributed by atoms with Gasteiger partial charge in [-0.05, 0) is 56.9 Å². The topological polar surface area (TPSA) is 15.3 Å². The molecule has 0 amide bonds. The highest BCUT2D eigenvalue weighted by Gasteiger charge is 2.38. The van der Waals surface area contributed by atoms with Crippen molar-refractivity contribution >= 4 is 0 Å². The molecule has 20 heavy (non-hydrogen) atoms. The molecule has 0 heterocycles. The highest BCUT2D eigenvalue weighted by Crippen LogP contribution is 2.41. The normalized spacial score (nSPS) is 32.9. The molecule has 0 aromatic heterocycles. The van der Waals surface area contributed by atoms with E-state index < -0.39 is 0 Å². The Morgan fingerprint density at radius 3 is 2.45 bits per heavy atom. The van der Waals surface area contributed by atoms with Crippen LogP contribution in [0.4, 0.5) is 0 Å². The van der Waals surface area contributed by atoms with Gasteiger partial charge in [0, 0.05) is 25.2 Å². The van der Waals surface area contributed by atoms with E-state index in [0.29, 0.717) is 11.5 Å². The summed E-state index contributed by atoms with van der Waals surface area (Å²) >= 11 is 0. The Kier molecular flexibility index (Phi) is 5.53. The van der Waals surface area contributed by atoms with E-state index in [0.717, 1.165) is 17.9 Å².